The van der Waals surface area contributed by atoms with Crippen LogP contribution in [-0.2, 0) is 16.8 Å². The van der Waals surface area contributed by atoms with Gasteiger partial charge in [-0.3, -0.25) is 9.98 Å². The standard InChI is InChI=1S/C31H37N5.3ClH.Co/c1-3-5-7-9-12-22-16-18-24-28(20-22)35-30(33-24)26-14-11-15-27(32-26)31-34-25-19-17-23(21-29(25)36-31)13-10-8-6-4-2;;;;/h11,14-21,24-25H,3-10,12-13H2,1-2H3;3*1H;/q;;;;+3/p-3. The number of unbranched alkanes of at least 4 members (excludes halogenated alkanes) is 6. The van der Waals surface area contributed by atoms with Crippen molar-refractivity contribution in [2.45, 2.75) is 90.1 Å². The summed E-state index contributed by atoms with van der Waals surface area (Å²) in [7, 11) is 0. The summed E-state index contributed by atoms with van der Waals surface area (Å²) in [6.07, 6.45) is 25.6. The Labute approximate surface area is 268 Å². The van der Waals surface area contributed by atoms with Crippen molar-refractivity contribution in [3.05, 3.63) is 77.2 Å². The van der Waals surface area contributed by atoms with Crippen molar-refractivity contribution in [3.8, 4) is 0 Å². The Balaban J connectivity index is 0.00000200. The predicted molar refractivity (Wildman–Crippen MR) is 152 cm³/mol. The molecule has 0 fully saturated rings. The van der Waals surface area contributed by atoms with Crippen molar-refractivity contribution in [2.24, 2.45) is 20.0 Å². The summed E-state index contributed by atoms with van der Waals surface area (Å²) in [6, 6.07) is 5.97. The van der Waals surface area contributed by atoms with Crippen molar-refractivity contribution in [1.82, 2.24) is 4.98 Å². The molecule has 0 amide bonds. The van der Waals surface area contributed by atoms with Gasteiger partial charge in [-0.1, -0.05) is 82.7 Å². The number of aliphatic imine (C=N–C) groups is 4. The third kappa shape index (κ3) is 9.08. The molecule has 5 nitrogen and oxygen atoms in total. The third-order valence-corrected chi connectivity index (χ3v) is 7.10. The second-order valence-electron chi connectivity index (χ2n) is 10.1. The maximum atomic E-state index is 4.87. The summed E-state index contributed by atoms with van der Waals surface area (Å²) < 4.78 is 0. The number of nitrogens with zero attached hydrogens (tertiary/aromatic N) is 5. The van der Waals surface area contributed by atoms with Gasteiger partial charge in [0.1, 0.15) is 23.5 Å². The van der Waals surface area contributed by atoms with Crippen LogP contribution in [0.15, 0.2) is 85.8 Å². The number of rotatable bonds is 12. The van der Waals surface area contributed by atoms with Gasteiger partial charge < -0.3 is 37.2 Å². The van der Waals surface area contributed by atoms with Gasteiger partial charge in [0, 0.05) is 0 Å². The van der Waals surface area contributed by atoms with E-state index in [4.69, 9.17) is 25.0 Å². The number of allylic oxidation sites excluding steroid dienone is 4. The summed E-state index contributed by atoms with van der Waals surface area (Å²) in [5.41, 5.74) is 6.31. The van der Waals surface area contributed by atoms with Gasteiger partial charge in [-0.25, -0.2) is 15.0 Å². The maximum Gasteiger partial charge on any atom is 3.00 e. The van der Waals surface area contributed by atoms with Gasteiger partial charge in [0.25, 0.3) is 0 Å². The van der Waals surface area contributed by atoms with E-state index in [1.165, 1.54) is 62.5 Å². The van der Waals surface area contributed by atoms with Crippen LogP contribution in [0.4, 0.5) is 0 Å². The molecule has 2 unspecified atom stereocenters. The fourth-order valence-electron chi connectivity index (χ4n) is 5.01. The topological polar surface area (TPSA) is 62.3 Å². The van der Waals surface area contributed by atoms with Crippen LogP contribution in [0, 0.1) is 0 Å². The molecule has 0 radical (unpaired) electrons. The fourth-order valence-corrected chi connectivity index (χ4v) is 5.01. The normalized spacial score (nSPS) is 19.6. The molecule has 2 aliphatic carbocycles. The number of halogens is 3. The predicted octanol–water partition coefficient (Wildman–Crippen LogP) is -1.84. The summed E-state index contributed by atoms with van der Waals surface area (Å²) in [4.78, 5) is 24.2. The number of hydrogen-bond donors (Lipinski definition) is 0. The summed E-state index contributed by atoms with van der Waals surface area (Å²) in [5, 5.41) is 0. The Morgan fingerprint density at radius 3 is 1.50 bits per heavy atom. The van der Waals surface area contributed by atoms with Crippen molar-refractivity contribution in [3.63, 3.8) is 0 Å². The van der Waals surface area contributed by atoms with Crippen LogP contribution in [0.25, 0.3) is 0 Å². The van der Waals surface area contributed by atoms with E-state index in [1.54, 1.807) is 0 Å². The van der Waals surface area contributed by atoms with Crippen molar-refractivity contribution in [1.29, 1.82) is 0 Å². The molecular weight excluding hydrogens is 608 g/mol. The largest absolute Gasteiger partial charge is 3.00 e. The molecule has 0 saturated carbocycles. The van der Waals surface area contributed by atoms with Crippen molar-refractivity contribution < 1.29 is 54.0 Å². The molecule has 4 aliphatic rings. The molecule has 0 aromatic carbocycles. The Hall–Kier alpha value is -1.83. The minimum Gasteiger partial charge on any atom is -1.00 e. The van der Waals surface area contributed by atoms with E-state index in [0.29, 0.717) is 11.7 Å². The first-order chi connectivity index (χ1) is 17.7. The molecule has 5 rings (SSSR count). The van der Waals surface area contributed by atoms with E-state index >= 15 is 0 Å². The van der Waals surface area contributed by atoms with Crippen LogP contribution in [0.5, 0.6) is 0 Å². The second kappa shape index (κ2) is 17.9. The van der Waals surface area contributed by atoms with Crippen LogP contribution < -0.4 is 37.2 Å². The van der Waals surface area contributed by atoms with E-state index in [2.05, 4.69) is 50.3 Å². The quantitative estimate of drug-likeness (QED) is 0.247. The molecule has 1 aromatic rings. The zero-order valence-corrected chi connectivity index (χ0v) is 26.4. The molecule has 3 heterocycles. The molecular formula is C31H37Cl3CoN5. The average Bonchev–Trinajstić information content (AvgIpc) is 3.53. The minimum atomic E-state index is 0. The van der Waals surface area contributed by atoms with E-state index in [0.717, 1.165) is 35.7 Å². The Morgan fingerprint density at radius 2 is 1.07 bits per heavy atom. The number of pyridine rings is 1. The van der Waals surface area contributed by atoms with Gasteiger partial charge >= 0.3 is 16.8 Å². The first-order valence-corrected chi connectivity index (χ1v) is 13.8. The van der Waals surface area contributed by atoms with Crippen LogP contribution in [0.3, 0.4) is 0 Å². The molecule has 1 aromatic heterocycles. The van der Waals surface area contributed by atoms with Crippen molar-refractivity contribution in [2.75, 3.05) is 0 Å². The van der Waals surface area contributed by atoms with Crippen LogP contribution in [0.2, 0.25) is 0 Å². The average molecular weight is 645 g/mol. The molecule has 2 aliphatic heterocycles. The first-order valence-electron chi connectivity index (χ1n) is 13.8. The maximum absolute atomic E-state index is 4.87. The molecule has 216 valence electrons. The number of fused-ring (bicyclic) bond motifs is 2. The van der Waals surface area contributed by atoms with Gasteiger partial charge in [0.15, 0.2) is 11.7 Å². The van der Waals surface area contributed by atoms with E-state index < -0.39 is 0 Å². The monoisotopic (exact) mass is 643 g/mol. The van der Waals surface area contributed by atoms with Gasteiger partial charge in [0.2, 0.25) is 0 Å². The van der Waals surface area contributed by atoms with E-state index in [9.17, 15) is 0 Å². The van der Waals surface area contributed by atoms with Gasteiger partial charge in [0.05, 0.1) is 11.4 Å². The molecule has 9 heteroatoms. The number of hydrogen-bond acceptors (Lipinski definition) is 5. The Bertz CT molecular complexity index is 1150. The number of aromatic nitrogens is 1. The molecule has 2 atom stereocenters. The van der Waals surface area contributed by atoms with Crippen LogP contribution >= 0.6 is 0 Å². The summed E-state index contributed by atoms with van der Waals surface area (Å²) in [5.74, 6) is 1.39. The van der Waals surface area contributed by atoms with E-state index in [-0.39, 0.29) is 66.1 Å². The molecule has 0 bridgehead atoms. The van der Waals surface area contributed by atoms with Crippen LogP contribution in [0.1, 0.15) is 89.4 Å². The van der Waals surface area contributed by atoms with Gasteiger partial charge in [-0.15, -0.1) is 0 Å². The molecule has 0 saturated heterocycles. The SMILES string of the molecule is CCCCCCC1=CC2=NC(c3cccc(C4=NC5C=CC(CCCCCC)=CC5=N4)n3)=NC2C=C1.[Cl-].[Cl-].[Cl-].[Co+3]. The number of amidine groups is 2. The first kappa shape index (κ1) is 36.2. The summed E-state index contributed by atoms with van der Waals surface area (Å²) >= 11 is 0. The minimum absolute atomic E-state index is 0. The van der Waals surface area contributed by atoms with Crippen molar-refractivity contribution >= 4 is 23.1 Å². The Kier molecular flexibility index (Phi) is 16.2. The third-order valence-electron chi connectivity index (χ3n) is 7.10. The molecule has 40 heavy (non-hydrogen) atoms. The van der Waals surface area contributed by atoms with Crippen LogP contribution in [-0.4, -0.2) is 40.2 Å². The zero-order valence-electron chi connectivity index (χ0n) is 23.1. The van der Waals surface area contributed by atoms with Gasteiger partial charge in [-0.2, -0.15) is 0 Å². The van der Waals surface area contributed by atoms with Gasteiger partial charge in [-0.05, 0) is 61.1 Å². The summed E-state index contributed by atoms with van der Waals surface area (Å²) in [6.45, 7) is 4.50. The second-order valence-corrected chi connectivity index (χ2v) is 10.1. The molecule has 0 N–H and O–H groups in total. The zero-order chi connectivity index (χ0) is 24.7. The fraction of sp³-hybridized carbons (Fsp3) is 0.452. The Morgan fingerprint density at radius 1 is 0.625 bits per heavy atom. The smallest absolute Gasteiger partial charge is 1.00 e. The van der Waals surface area contributed by atoms with E-state index in [1.807, 2.05) is 18.2 Å². The molecule has 0 spiro atoms.